The second-order valence-corrected chi connectivity index (χ2v) is 6.84. The number of anilines is 2. The maximum atomic E-state index is 14.0. The maximum Gasteiger partial charge on any atom is 0.148 e. The van der Waals surface area contributed by atoms with Gasteiger partial charge in [0, 0.05) is 38.5 Å². The first kappa shape index (κ1) is 15.6. The van der Waals surface area contributed by atoms with Crippen molar-refractivity contribution < 1.29 is 9.50 Å². The molecule has 1 spiro atoms. The molecular formula is C17H26FN3O. The lowest BCUT2D eigenvalue weighted by molar-refractivity contribution is -0.0194. The van der Waals surface area contributed by atoms with Gasteiger partial charge in [0.2, 0.25) is 0 Å². The Hall–Kier alpha value is -1.33. The third-order valence-corrected chi connectivity index (χ3v) is 5.14. The number of halogens is 1. The van der Waals surface area contributed by atoms with Crippen LogP contribution in [-0.4, -0.2) is 49.3 Å². The summed E-state index contributed by atoms with van der Waals surface area (Å²) in [6.45, 7) is 5.56. The van der Waals surface area contributed by atoms with Gasteiger partial charge in [-0.05, 0) is 55.8 Å². The molecule has 2 aliphatic rings. The third-order valence-electron chi connectivity index (χ3n) is 5.14. The van der Waals surface area contributed by atoms with Crippen LogP contribution in [0.15, 0.2) is 18.2 Å². The number of nitrogens with two attached hydrogens (primary N) is 1. The number of aliphatic hydroxyl groups is 1. The van der Waals surface area contributed by atoms with Gasteiger partial charge in [0.15, 0.2) is 0 Å². The monoisotopic (exact) mass is 307 g/mol. The molecule has 0 amide bonds. The van der Waals surface area contributed by atoms with E-state index in [0.29, 0.717) is 23.4 Å². The van der Waals surface area contributed by atoms with E-state index >= 15 is 0 Å². The molecule has 4 nitrogen and oxygen atoms in total. The number of benzene rings is 1. The van der Waals surface area contributed by atoms with E-state index in [2.05, 4.69) is 9.80 Å². The quantitative estimate of drug-likeness (QED) is 0.646. The van der Waals surface area contributed by atoms with Crippen LogP contribution in [-0.2, 0) is 0 Å². The van der Waals surface area contributed by atoms with E-state index in [9.17, 15) is 4.39 Å². The van der Waals surface area contributed by atoms with Crippen molar-refractivity contribution in [1.82, 2.24) is 4.90 Å². The van der Waals surface area contributed by atoms with Crippen molar-refractivity contribution in [3.63, 3.8) is 0 Å². The van der Waals surface area contributed by atoms with Gasteiger partial charge in [0.05, 0.1) is 5.69 Å². The number of likely N-dealkylation sites (tertiary alicyclic amines) is 1. The summed E-state index contributed by atoms with van der Waals surface area (Å²) in [5.74, 6) is -0.213. The first-order valence-electron chi connectivity index (χ1n) is 8.25. The minimum atomic E-state index is -0.213. The first-order chi connectivity index (χ1) is 10.6. The Morgan fingerprint density at radius 1 is 1.18 bits per heavy atom. The summed E-state index contributed by atoms with van der Waals surface area (Å²) in [5.41, 5.74) is 7.22. The molecule has 0 saturated carbocycles. The summed E-state index contributed by atoms with van der Waals surface area (Å²) in [6, 6.07) is 4.98. The number of hydrogen-bond acceptors (Lipinski definition) is 4. The van der Waals surface area contributed by atoms with Crippen molar-refractivity contribution in [1.29, 1.82) is 0 Å². The summed E-state index contributed by atoms with van der Waals surface area (Å²) in [4.78, 5) is 4.63. The summed E-state index contributed by atoms with van der Waals surface area (Å²) >= 11 is 0. The largest absolute Gasteiger partial charge is 0.399 e. The molecule has 5 heteroatoms. The molecular weight excluding hydrogens is 281 g/mol. The van der Waals surface area contributed by atoms with Crippen molar-refractivity contribution in [3.8, 4) is 0 Å². The molecule has 3 rings (SSSR count). The predicted molar refractivity (Wildman–Crippen MR) is 87.5 cm³/mol. The number of nitrogens with zero attached hydrogens (tertiary/aromatic N) is 2. The van der Waals surface area contributed by atoms with Crippen LogP contribution in [0, 0.1) is 11.2 Å². The normalized spacial score (nSPS) is 21.1. The van der Waals surface area contributed by atoms with Gasteiger partial charge in [0.1, 0.15) is 5.82 Å². The van der Waals surface area contributed by atoms with Gasteiger partial charge in [-0.3, -0.25) is 0 Å². The van der Waals surface area contributed by atoms with E-state index < -0.39 is 0 Å². The molecule has 3 N–H and O–H groups in total. The van der Waals surface area contributed by atoms with Gasteiger partial charge >= 0.3 is 0 Å². The minimum absolute atomic E-state index is 0.213. The number of nitrogen functional groups attached to an aromatic ring is 1. The van der Waals surface area contributed by atoms with Crippen molar-refractivity contribution in [2.75, 3.05) is 50.0 Å². The molecule has 0 bridgehead atoms. The van der Waals surface area contributed by atoms with Crippen LogP contribution in [0.2, 0.25) is 0 Å². The Morgan fingerprint density at radius 2 is 1.91 bits per heavy atom. The molecule has 0 aromatic heterocycles. The van der Waals surface area contributed by atoms with E-state index in [0.717, 1.165) is 58.4 Å². The molecule has 0 aliphatic carbocycles. The summed E-state index contributed by atoms with van der Waals surface area (Å²) in [7, 11) is 0. The topological polar surface area (TPSA) is 52.7 Å². The highest BCUT2D eigenvalue weighted by Crippen LogP contribution is 2.41. The maximum absolute atomic E-state index is 14.0. The van der Waals surface area contributed by atoms with E-state index in [1.807, 2.05) is 0 Å². The molecule has 2 heterocycles. The van der Waals surface area contributed by atoms with Gasteiger partial charge in [-0.25, -0.2) is 4.39 Å². The van der Waals surface area contributed by atoms with Crippen LogP contribution in [0.3, 0.4) is 0 Å². The van der Waals surface area contributed by atoms with E-state index in [4.69, 9.17) is 10.8 Å². The Morgan fingerprint density at radius 3 is 2.55 bits per heavy atom. The molecule has 2 saturated heterocycles. The van der Waals surface area contributed by atoms with Gasteiger partial charge in [-0.2, -0.15) is 0 Å². The number of aliphatic hydroxyl groups excluding tert-OH is 1. The molecule has 22 heavy (non-hydrogen) atoms. The Balaban J connectivity index is 1.49. The van der Waals surface area contributed by atoms with Gasteiger partial charge in [0.25, 0.3) is 0 Å². The van der Waals surface area contributed by atoms with E-state index in [1.54, 1.807) is 12.1 Å². The van der Waals surface area contributed by atoms with Crippen molar-refractivity contribution >= 4 is 11.4 Å². The van der Waals surface area contributed by atoms with Crippen molar-refractivity contribution in [3.05, 3.63) is 24.0 Å². The van der Waals surface area contributed by atoms with Crippen LogP contribution in [0.25, 0.3) is 0 Å². The summed E-state index contributed by atoms with van der Waals surface area (Å²) in [5, 5.41) is 8.83. The second kappa shape index (κ2) is 6.42. The lowest BCUT2D eigenvalue weighted by Crippen LogP contribution is -2.60. The molecule has 122 valence electrons. The Kier molecular flexibility index (Phi) is 4.54. The average Bonchev–Trinajstić information content (AvgIpc) is 2.47. The highest BCUT2D eigenvalue weighted by Gasteiger charge is 2.44. The Bertz CT molecular complexity index is 507. The second-order valence-electron chi connectivity index (χ2n) is 6.84. The highest BCUT2D eigenvalue weighted by molar-refractivity contribution is 5.54. The van der Waals surface area contributed by atoms with Crippen molar-refractivity contribution in [2.24, 2.45) is 5.41 Å². The fraction of sp³-hybridized carbons (Fsp3) is 0.647. The van der Waals surface area contributed by atoms with Gasteiger partial charge in [-0.1, -0.05) is 0 Å². The fourth-order valence-corrected chi connectivity index (χ4v) is 3.83. The molecule has 0 radical (unpaired) electrons. The third kappa shape index (κ3) is 3.20. The molecule has 1 aromatic rings. The zero-order valence-electron chi connectivity index (χ0n) is 13.1. The SMILES string of the molecule is Nc1ccc(N2CCC3(CC2)CN(CCCCO)C3)c(F)c1. The first-order valence-corrected chi connectivity index (χ1v) is 8.25. The zero-order valence-corrected chi connectivity index (χ0v) is 13.1. The number of piperidine rings is 1. The zero-order chi connectivity index (χ0) is 15.6. The average molecular weight is 307 g/mol. The summed E-state index contributed by atoms with van der Waals surface area (Å²) < 4.78 is 14.0. The highest BCUT2D eigenvalue weighted by atomic mass is 19.1. The standard InChI is InChI=1S/C17H26FN3O/c18-15-11-14(19)3-4-16(15)21-8-5-17(6-9-21)12-20(13-17)7-1-2-10-22/h3-4,11,22H,1-2,5-10,12-13,19H2. The van der Waals surface area contributed by atoms with Crippen LogP contribution in [0.5, 0.6) is 0 Å². The minimum Gasteiger partial charge on any atom is -0.399 e. The van der Waals surface area contributed by atoms with Crippen LogP contribution >= 0.6 is 0 Å². The Labute approximate surface area is 131 Å². The van der Waals surface area contributed by atoms with Crippen LogP contribution in [0.1, 0.15) is 25.7 Å². The smallest absolute Gasteiger partial charge is 0.148 e. The predicted octanol–water partition coefficient (Wildman–Crippen LogP) is 2.08. The molecule has 2 fully saturated rings. The van der Waals surface area contributed by atoms with E-state index in [-0.39, 0.29) is 5.82 Å². The molecule has 0 unspecified atom stereocenters. The molecule has 2 aliphatic heterocycles. The van der Waals surface area contributed by atoms with Gasteiger partial charge < -0.3 is 20.6 Å². The summed E-state index contributed by atoms with van der Waals surface area (Å²) in [6.07, 6.45) is 4.24. The van der Waals surface area contributed by atoms with E-state index in [1.165, 1.54) is 6.07 Å². The number of rotatable bonds is 5. The lowest BCUT2D eigenvalue weighted by Gasteiger charge is -2.54. The number of unbranched alkanes of at least 4 members (excludes halogenated alkanes) is 1. The fourth-order valence-electron chi connectivity index (χ4n) is 3.83. The lowest BCUT2D eigenvalue weighted by atomic mass is 9.72. The number of hydrogen-bond donors (Lipinski definition) is 2. The molecule has 1 aromatic carbocycles. The van der Waals surface area contributed by atoms with Crippen molar-refractivity contribution in [2.45, 2.75) is 25.7 Å². The van der Waals surface area contributed by atoms with Crippen LogP contribution < -0.4 is 10.6 Å². The van der Waals surface area contributed by atoms with Gasteiger partial charge in [-0.15, -0.1) is 0 Å². The van der Waals surface area contributed by atoms with Crippen LogP contribution in [0.4, 0.5) is 15.8 Å². The molecule has 0 atom stereocenters.